The largest absolute Gasteiger partial charge is 0.493 e. The van der Waals surface area contributed by atoms with Gasteiger partial charge in [-0.1, -0.05) is 31.5 Å². The van der Waals surface area contributed by atoms with Gasteiger partial charge in [-0.3, -0.25) is 0 Å². The summed E-state index contributed by atoms with van der Waals surface area (Å²) in [5, 5.41) is 0.677. The maximum Gasteiger partial charge on any atom is 0.125 e. The van der Waals surface area contributed by atoms with E-state index in [2.05, 4.69) is 13.8 Å². The predicted molar refractivity (Wildman–Crippen MR) is 70.6 cm³/mol. The zero-order valence-electron chi connectivity index (χ0n) is 9.80. The molecule has 0 aliphatic rings. The van der Waals surface area contributed by atoms with Crippen LogP contribution < -0.4 is 4.74 Å². The van der Waals surface area contributed by atoms with Crippen molar-refractivity contribution in [1.29, 1.82) is 0 Å². The lowest BCUT2D eigenvalue weighted by molar-refractivity contribution is 0.296. The van der Waals surface area contributed by atoms with Crippen LogP contribution >= 0.6 is 23.2 Å². The summed E-state index contributed by atoms with van der Waals surface area (Å²) in [4.78, 5) is 0. The normalized spacial score (nSPS) is 10.8. The highest BCUT2D eigenvalue weighted by Gasteiger charge is 2.06. The van der Waals surface area contributed by atoms with Gasteiger partial charge in [0.25, 0.3) is 0 Å². The van der Waals surface area contributed by atoms with E-state index in [0.717, 1.165) is 30.3 Å². The van der Waals surface area contributed by atoms with Gasteiger partial charge in [0.2, 0.25) is 0 Å². The summed E-state index contributed by atoms with van der Waals surface area (Å²) >= 11 is 11.9. The molecule has 1 aromatic carbocycles. The van der Waals surface area contributed by atoms with Gasteiger partial charge >= 0.3 is 0 Å². The van der Waals surface area contributed by atoms with Crippen LogP contribution in [0, 0.1) is 5.92 Å². The summed E-state index contributed by atoms with van der Waals surface area (Å²) in [5.74, 6) is 1.92. The molecule has 0 N–H and O–H groups in total. The van der Waals surface area contributed by atoms with Gasteiger partial charge in [0.15, 0.2) is 0 Å². The molecule has 0 bridgehead atoms. The molecule has 90 valence electrons. The fourth-order valence-corrected chi connectivity index (χ4v) is 2.05. The van der Waals surface area contributed by atoms with Crippen molar-refractivity contribution >= 4 is 23.2 Å². The monoisotopic (exact) mass is 260 g/mol. The van der Waals surface area contributed by atoms with E-state index < -0.39 is 0 Å². The Morgan fingerprint density at radius 3 is 2.69 bits per heavy atom. The first-order valence-corrected chi connectivity index (χ1v) is 6.52. The smallest absolute Gasteiger partial charge is 0.125 e. The number of halogens is 2. The van der Waals surface area contributed by atoms with Crippen LogP contribution in [0.15, 0.2) is 18.2 Å². The minimum Gasteiger partial charge on any atom is -0.493 e. The third-order valence-electron chi connectivity index (χ3n) is 2.39. The van der Waals surface area contributed by atoms with Crippen LogP contribution in [0.3, 0.4) is 0 Å². The number of rotatable bonds is 6. The third kappa shape index (κ3) is 4.23. The molecule has 1 aromatic rings. The quantitative estimate of drug-likeness (QED) is 0.523. The summed E-state index contributed by atoms with van der Waals surface area (Å²) in [7, 11) is 0. The van der Waals surface area contributed by atoms with Crippen LogP contribution in [0.4, 0.5) is 0 Å². The van der Waals surface area contributed by atoms with Crippen LogP contribution in [0.1, 0.15) is 32.3 Å². The Labute approximate surface area is 108 Å². The SMILES string of the molecule is CC(C)CCCOc1cccc(Cl)c1CCl. The average Bonchev–Trinajstić information content (AvgIpc) is 2.24. The lowest BCUT2D eigenvalue weighted by atomic mass is 10.1. The minimum atomic E-state index is 0.388. The molecule has 0 saturated heterocycles. The fraction of sp³-hybridized carbons (Fsp3) is 0.538. The Hall–Kier alpha value is -0.400. The molecule has 3 heteroatoms. The van der Waals surface area contributed by atoms with Crippen molar-refractivity contribution in [1.82, 2.24) is 0 Å². The molecule has 0 radical (unpaired) electrons. The average molecular weight is 261 g/mol. The van der Waals surface area contributed by atoms with Gasteiger partial charge < -0.3 is 4.74 Å². The Balaban J connectivity index is 2.50. The van der Waals surface area contributed by atoms with E-state index in [1.165, 1.54) is 6.42 Å². The zero-order chi connectivity index (χ0) is 12.0. The maximum absolute atomic E-state index is 6.03. The molecular weight excluding hydrogens is 243 g/mol. The summed E-state index contributed by atoms with van der Waals surface area (Å²) in [6.45, 7) is 5.15. The highest BCUT2D eigenvalue weighted by molar-refractivity contribution is 6.32. The molecule has 0 spiro atoms. The first-order chi connectivity index (χ1) is 7.65. The van der Waals surface area contributed by atoms with Crippen LogP contribution in [0.2, 0.25) is 5.02 Å². The van der Waals surface area contributed by atoms with Crippen LogP contribution in [0.25, 0.3) is 0 Å². The molecule has 0 aromatic heterocycles. The van der Waals surface area contributed by atoms with E-state index in [1.54, 1.807) is 0 Å². The van der Waals surface area contributed by atoms with Gasteiger partial charge in [-0.2, -0.15) is 0 Å². The van der Waals surface area contributed by atoms with Crippen LogP contribution in [-0.4, -0.2) is 6.61 Å². The Bertz CT molecular complexity index is 324. The molecule has 0 aliphatic carbocycles. The van der Waals surface area contributed by atoms with Gasteiger partial charge in [0.05, 0.1) is 12.5 Å². The van der Waals surface area contributed by atoms with Gasteiger partial charge in [-0.05, 0) is 30.9 Å². The zero-order valence-corrected chi connectivity index (χ0v) is 11.3. The van der Waals surface area contributed by atoms with Gasteiger partial charge in [-0.15, -0.1) is 11.6 Å². The van der Waals surface area contributed by atoms with Crippen LogP contribution in [0.5, 0.6) is 5.75 Å². The molecule has 1 rings (SSSR count). The fourth-order valence-electron chi connectivity index (χ4n) is 1.48. The standard InChI is InChI=1S/C13H18Cl2O/c1-10(2)5-4-8-16-13-7-3-6-12(15)11(13)9-14/h3,6-7,10H,4-5,8-9H2,1-2H3. The van der Waals surface area contributed by atoms with Gasteiger partial charge in [-0.25, -0.2) is 0 Å². The van der Waals surface area contributed by atoms with E-state index in [-0.39, 0.29) is 0 Å². The van der Waals surface area contributed by atoms with Gasteiger partial charge in [0.1, 0.15) is 5.75 Å². The molecule has 0 heterocycles. The first kappa shape index (κ1) is 13.7. The van der Waals surface area contributed by atoms with E-state index >= 15 is 0 Å². The summed E-state index contributed by atoms with van der Waals surface area (Å²) in [6, 6.07) is 5.63. The van der Waals surface area contributed by atoms with E-state index in [0.29, 0.717) is 10.9 Å². The second-order valence-electron chi connectivity index (χ2n) is 4.23. The molecule has 0 saturated carbocycles. The molecule has 1 nitrogen and oxygen atoms in total. The summed E-state index contributed by atoms with van der Waals surface area (Å²) < 4.78 is 5.69. The van der Waals surface area contributed by atoms with E-state index in [4.69, 9.17) is 27.9 Å². The highest BCUT2D eigenvalue weighted by Crippen LogP contribution is 2.28. The number of hydrogen-bond donors (Lipinski definition) is 0. The number of benzene rings is 1. The second-order valence-corrected chi connectivity index (χ2v) is 4.91. The highest BCUT2D eigenvalue weighted by atomic mass is 35.5. The van der Waals surface area contributed by atoms with Crippen LogP contribution in [-0.2, 0) is 5.88 Å². The first-order valence-electron chi connectivity index (χ1n) is 5.61. The van der Waals surface area contributed by atoms with Crippen molar-refractivity contribution < 1.29 is 4.74 Å². The molecule has 0 amide bonds. The van der Waals surface area contributed by atoms with E-state index in [1.807, 2.05) is 18.2 Å². The summed E-state index contributed by atoms with van der Waals surface area (Å²) in [5.41, 5.74) is 0.885. The summed E-state index contributed by atoms with van der Waals surface area (Å²) in [6.07, 6.45) is 2.24. The number of alkyl halides is 1. The van der Waals surface area contributed by atoms with Crippen molar-refractivity contribution in [2.24, 2.45) is 5.92 Å². The molecular formula is C13H18Cl2O. The van der Waals surface area contributed by atoms with Crippen molar-refractivity contribution in [2.75, 3.05) is 6.61 Å². The minimum absolute atomic E-state index is 0.388. The molecule has 0 atom stereocenters. The number of hydrogen-bond acceptors (Lipinski definition) is 1. The predicted octanol–water partition coefficient (Wildman–Crippen LogP) is 4.89. The van der Waals surface area contributed by atoms with Crippen molar-refractivity contribution in [3.63, 3.8) is 0 Å². The Morgan fingerprint density at radius 2 is 2.06 bits per heavy atom. The van der Waals surface area contributed by atoms with Gasteiger partial charge in [0, 0.05) is 10.6 Å². The molecule has 0 unspecified atom stereocenters. The van der Waals surface area contributed by atoms with Crippen molar-refractivity contribution in [2.45, 2.75) is 32.6 Å². The molecule has 16 heavy (non-hydrogen) atoms. The third-order valence-corrected chi connectivity index (χ3v) is 3.01. The lowest BCUT2D eigenvalue weighted by Crippen LogP contribution is -2.01. The Morgan fingerprint density at radius 1 is 1.31 bits per heavy atom. The topological polar surface area (TPSA) is 9.23 Å². The van der Waals surface area contributed by atoms with Crippen molar-refractivity contribution in [3.8, 4) is 5.75 Å². The lowest BCUT2D eigenvalue weighted by Gasteiger charge is -2.11. The van der Waals surface area contributed by atoms with E-state index in [9.17, 15) is 0 Å². The van der Waals surface area contributed by atoms with Crippen molar-refractivity contribution in [3.05, 3.63) is 28.8 Å². The number of ether oxygens (including phenoxy) is 1. The maximum atomic E-state index is 6.03. The molecule has 0 fully saturated rings. The second kappa shape index (κ2) is 7.03. The Kier molecular flexibility index (Phi) is 6.00. The molecule has 0 aliphatic heterocycles.